The summed E-state index contributed by atoms with van der Waals surface area (Å²) in [5.74, 6) is -1.39. The van der Waals surface area contributed by atoms with Crippen molar-refractivity contribution >= 4 is 34.7 Å². The molecule has 2 N–H and O–H groups in total. The first-order valence-corrected chi connectivity index (χ1v) is 8.51. The zero-order valence-electron chi connectivity index (χ0n) is 14.9. The van der Waals surface area contributed by atoms with E-state index in [4.69, 9.17) is 0 Å². The molecule has 6 nitrogen and oxygen atoms in total. The minimum absolute atomic E-state index is 0.0900. The van der Waals surface area contributed by atoms with Crippen molar-refractivity contribution in [3.63, 3.8) is 0 Å². The van der Waals surface area contributed by atoms with Gasteiger partial charge in [0.1, 0.15) is 5.57 Å². The van der Waals surface area contributed by atoms with Crippen LogP contribution in [0.1, 0.15) is 17.0 Å². The van der Waals surface area contributed by atoms with Gasteiger partial charge in [0.25, 0.3) is 11.8 Å². The Hall–Kier alpha value is -3.67. The van der Waals surface area contributed by atoms with E-state index in [1.807, 2.05) is 44.2 Å². The van der Waals surface area contributed by atoms with Gasteiger partial charge in [0.2, 0.25) is 0 Å². The van der Waals surface area contributed by atoms with Gasteiger partial charge in [0.05, 0.1) is 5.69 Å². The summed E-state index contributed by atoms with van der Waals surface area (Å²) < 4.78 is 2.10. The van der Waals surface area contributed by atoms with Crippen molar-refractivity contribution in [1.29, 1.82) is 0 Å². The maximum atomic E-state index is 12.0. The van der Waals surface area contributed by atoms with E-state index >= 15 is 0 Å². The molecule has 134 valence electrons. The number of aromatic nitrogens is 1. The average molecular weight is 359 g/mol. The first-order valence-electron chi connectivity index (χ1n) is 8.51. The van der Waals surface area contributed by atoms with Crippen molar-refractivity contribution in [2.24, 2.45) is 0 Å². The molecule has 0 saturated carbocycles. The largest absolute Gasteiger partial charge is 0.328 e. The lowest BCUT2D eigenvalue weighted by Crippen LogP contribution is -2.51. The van der Waals surface area contributed by atoms with Crippen molar-refractivity contribution in [2.45, 2.75) is 13.8 Å². The van der Waals surface area contributed by atoms with Crippen LogP contribution in [0.4, 0.5) is 4.79 Å². The maximum absolute atomic E-state index is 12.0. The molecule has 0 bridgehead atoms. The lowest BCUT2D eigenvalue weighted by molar-refractivity contribution is -0.123. The van der Waals surface area contributed by atoms with Gasteiger partial charge in [0.15, 0.2) is 0 Å². The Labute approximate surface area is 155 Å². The van der Waals surface area contributed by atoms with Crippen molar-refractivity contribution in [3.05, 3.63) is 71.1 Å². The fourth-order valence-electron chi connectivity index (χ4n) is 3.47. The molecule has 2 aromatic carbocycles. The number of aryl methyl sites for hydroxylation is 1. The van der Waals surface area contributed by atoms with Crippen LogP contribution in [-0.2, 0) is 9.59 Å². The molecule has 1 saturated heterocycles. The maximum Gasteiger partial charge on any atom is 0.328 e. The second-order valence-corrected chi connectivity index (χ2v) is 6.46. The summed E-state index contributed by atoms with van der Waals surface area (Å²) in [6.07, 6.45) is 1.51. The number of rotatable bonds is 2. The van der Waals surface area contributed by atoms with Gasteiger partial charge in [-0.1, -0.05) is 36.4 Å². The van der Waals surface area contributed by atoms with E-state index in [1.165, 1.54) is 6.08 Å². The van der Waals surface area contributed by atoms with Crippen molar-refractivity contribution in [3.8, 4) is 5.69 Å². The van der Waals surface area contributed by atoms with Crippen LogP contribution < -0.4 is 10.6 Å². The molecule has 1 aliphatic rings. The van der Waals surface area contributed by atoms with Crippen molar-refractivity contribution in [1.82, 2.24) is 15.2 Å². The molecule has 0 unspecified atom stereocenters. The Morgan fingerprint density at radius 3 is 2.30 bits per heavy atom. The molecule has 6 heteroatoms. The van der Waals surface area contributed by atoms with Gasteiger partial charge in [-0.05, 0) is 43.0 Å². The van der Waals surface area contributed by atoms with Crippen LogP contribution in [0.3, 0.4) is 0 Å². The lowest BCUT2D eigenvalue weighted by atomic mass is 10.1. The molecular formula is C21H17N3O3. The Balaban J connectivity index is 1.86. The van der Waals surface area contributed by atoms with Crippen LogP contribution in [0.25, 0.3) is 22.5 Å². The van der Waals surface area contributed by atoms with Gasteiger partial charge in [-0.15, -0.1) is 0 Å². The van der Waals surface area contributed by atoms with Crippen molar-refractivity contribution in [2.75, 3.05) is 0 Å². The molecule has 0 radical (unpaired) electrons. The summed E-state index contributed by atoms with van der Waals surface area (Å²) in [5.41, 5.74) is 3.56. The molecule has 2 heterocycles. The second kappa shape index (κ2) is 6.25. The van der Waals surface area contributed by atoms with Crippen LogP contribution in [0.15, 0.2) is 54.1 Å². The standard InChI is InChI=1S/C21H17N3O3/c1-12-10-15(11-17-19(25)22-21(27)23-20(17)26)13(2)24(12)18-9-5-7-14-6-3-4-8-16(14)18/h3-11H,1-2H3,(H2,22,23,25,26,27). The smallest absolute Gasteiger partial charge is 0.317 e. The van der Waals surface area contributed by atoms with E-state index in [-0.39, 0.29) is 5.57 Å². The zero-order chi connectivity index (χ0) is 19.1. The third-order valence-corrected chi connectivity index (χ3v) is 4.72. The van der Waals surface area contributed by atoms with E-state index in [0.29, 0.717) is 0 Å². The first-order chi connectivity index (χ1) is 13.0. The Morgan fingerprint density at radius 1 is 0.889 bits per heavy atom. The number of nitrogens with one attached hydrogen (secondary N) is 2. The van der Waals surface area contributed by atoms with Crippen LogP contribution in [-0.4, -0.2) is 22.4 Å². The number of barbiturate groups is 1. The van der Waals surface area contributed by atoms with Gasteiger partial charge >= 0.3 is 6.03 Å². The number of carbonyl (C=O) groups is 3. The zero-order valence-corrected chi connectivity index (χ0v) is 14.9. The average Bonchev–Trinajstić information content (AvgIpc) is 2.91. The number of benzene rings is 2. The number of amides is 4. The predicted molar refractivity (Wildman–Crippen MR) is 102 cm³/mol. The Kier molecular flexibility index (Phi) is 3.88. The highest BCUT2D eigenvalue weighted by Crippen LogP contribution is 2.28. The molecule has 27 heavy (non-hydrogen) atoms. The van der Waals surface area contributed by atoms with E-state index in [9.17, 15) is 14.4 Å². The van der Waals surface area contributed by atoms with Crippen LogP contribution in [0, 0.1) is 13.8 Å². The van der Waals surface area contributed by atoms with E-state index in [1.54, 1.807) is 0 Å². The predicted octanol–water partition coefficient (Wildman–Crippen LogP) is 3.00. The van der Waals surface area contributed by atoms with Crippen LogP contribution in [0.5, 0.6) is 0 Å². The molecule has 0 atom stereocenters. The van der Waals surface area contributed by atoms with Gasteiger partial charge < -0.3 is 4.57 Å². The van der Waals surface area contributed by atoms with Crippen LogP contribution >= 0.6 is 0 Å². The third kappa shape index (κ3) is 2.81. The molecule has 4 rings (SSSR count). The summed E-state index contributed by atoms with van der Waals surface area (Å²) in [4.78, 5) is 35.2. The lowest BCUT2D eigenvalue weighted by Gasteiger charge is -2.14. The van der Waals surface area contributed by atoms with Crippen LogP contribution in [0.2, 0.25) is 0 Å². The molecule has 1 aromatic heterocycles. The number of fused-ring (bicyclic) bond motifs is 1. The first kappa shape index (κ1) is 16.8. The summed E-state index contributed by atoms with van der Waals surface area (Å²) in [6, 6.07) is 15.3. The normalized spacial score (nSPS) is 14.3. The Morgan fingerprint density at radius 2 is 1.56 bits per heavy atom. The molecule has 4 amide bonds. The number of hydrogen-bond donors (Lipinski definition) is 2. The molecule has 3 aromatic rings. The summed E-state index contributed by atoms with van der Waals surface area (Å²) in [7, 11) is 0. The highest BCUT2D eigenvalue weighted by Gasteiger charge is 2.28. The third-order valence-electron chi connectivity index (χ3n) is 4.72. The molecular weight excluding hydrogens is 342 g/mol. The summed E-state index contributed by atoms with van der Waals surface area (Å²) >= 11 is 0. The number of hydrogen-bond acceptors (Lipinski definition) is 3. The monoisotopic (exact) mass is 359 g/mol. The topological polar surface area (TPSA) is 80.2 Å². The molecule has 1 fully saturated rings. The highest BCUT2D eigenvalue weighted by atomic mass is 16.2. The number of urea groups is 1. The number of imide groups is 2. The fourth-order valence-corrected chi connectivity index (χ4v) is 3.47. The quantitative estimate of drug-likeness (QED) is 0.545. The molecule has 0 aliphatic carbocycles. The van der Waals surface area contributed by atoms with E-state index in [2.05, 4.69) is 33.4 Å². The molecule has 0 spiro atoms. The van der Waals surface area contributed by atoms with E-state index < -0.39 is 17.8 Å². The van der Waals surface area contributed by atoms with Gasteiger partial charge in [-0.3, -0.25) is 20.2 Å². The van der Waals surface area contributed by atoms with Gasteiger partial charge in [-0.2, -0.15) is 0 Å². The number of nitrogens with zero attached hydrogens (tertiary/aromatic N) is 1. The van der Waals surface area contributed by atoms with Gasteiger partial charge in [0, 0.05) is 16.8 Å². The Bertz CT molecular complexity index is 1130. The number of carbonyl (C=O) groups excluding carboxylic acids is 3. The van der Waals surface area contributed by atoms with E-state index in [0.717, 1.165) is 33.4 Å². The molecule has 1 aliphatic heterocycles. The highest BCUT2D eigenvalue weighted by molar-refractivity contribution is 6.31. The summed E-state index contributed by atoms with van der Waals surface area (Å²) in [5, 5.41) is 6.43. The van der Waals surface area contributed by atoms with Gasteiger partial charge in [-0.25, -0.2) is 4.79 Å². The second-order valence-electron chi connectivity index (χ2n) is 6.46. The SMILES string of the molecule is Cc1cc(C=C2C(=O)NC(=O)NC2=O)c(C)n1-c1cccc2ccccc12. The fraction of sp³-hybridized carbons (Fsp3) is 0.0952. The van der Waals surface area contributed by atoms with Crippen molar-refractivity contribution < 1.29 is 14.4 Å². The minimum atomic E-state index is -0.802. The summed E-state index contributed by atoms with van der Waals surface area (Å²) in [6.45, 7) is 3.91. The minimum Gasteiger partial charge on any atom is -0.317 e.